The first-order valence-electron chi connectivity index (χ1n) is 7.22. The van der Waals surface area contributed by atoms with Gasteiger partial charge in [-0.2, -0.15) is 0 Å². The quantitative estimate of drug-likeness (QED) is 0.871. The Labute approximate surface area is 115 Å². The van der Waals surface area contributed by atoms with Gasteiger partial charge in [-0.3, -0.25) is 0 Å². The molecule has 1 aromatic rings. The van der Waals surface area contributed by atoms with Gasteiger partial charge in [-0.1, -0.05) is 0 Å². The van der Waals surface area contributed by atoms with Crippen molar-refractivity contribution in [2.75, 3.05) is 31.6 Å². The number of rotatable bonds is 4. The van der Waals surface area contributed by atoms with Crippen LogP contribution in [0.15, 0.2) is 12.4 Å². The summed E-state index contributed by atoms with van der Waals surface area (Å²) in [7, 11) is 2.17. The number of piperazine rings is 1. The Morgan fingerprint density at radius 3 is 2.63 bits per heavy atom. The van der Waals surface area contributed by atoms with Crippen molar-refractivity contribution in [1.82, 2.24) is 20.2 Å². The maximum absolute atomic E-state index is 4.53. The highest BCUT2D eigenvalue weighted by molar-refractivity contribution is 5.32. The summed E-state index contributed by atoms with van der Waals surface area (Å²) in [4.78, 5) is 13.7. The number of nitrogens with zero attached hydrogens (tertiary/aromatic N) is 4. The van der Waals surface area contributed by atoms with Gasteiger partial charge in [-0.05, 0) is 26.8 Å². The summed E-state index contributed by atoms with van der Waals surface area (Å²) in [5, 5.41) is 3.49. The summed E-state index contributed by atoms with van der Waals surface area (Å²) in [5.74, 6) is 0.871. The first-order chi connectivity index (χ1) is 9.22. The zero-order chi connectivity index (χ0) is 13.2. The minimum Gasteiger partial charge on any atom is -0.336 e. The van der Waals surface area contributed by atoms with E-state index in [4.69, 9.17) is 0 Å². The summed E-state index contributed by atoms with van der Waals surface area (Å²) >= 11 is 0. The van der Waals surface area contributed by atoms with E-state index in [0.29, 0.717) is 6.04 Å². The van der Waals surface area contributed by atoms with Gasteiger partial charge in [0.15, 0.2) is 0 Å². The molecule has 1 unspecified atom stereocenters. The summed E-state index contributed by atoms with van der Waals surface area (Å²) in [6, 6.07) is 1.21. The van der Waals surface area contributed by atoms with Crippen molar-refractivity contribution in [1.29, 1.82) is 0 Å². The predicted molar refractivity (Wildman–Crippen MR) is 76.2 cm³/mol. The fourth-order valence-corrected chi connectivity index (χ4v) is 2.57. The molecule has 19 heavy (non-hydrogen) atoms. The van der Waals surface area contributed by atoms with Crippen LogP contribution in [-0.4, -0.2) is 53.6 Å². The molecule has 2 aliphatic rings. The van der Waals surface area contributed by atoms with E-state index in [1.807, 2.05) is 12.4 Å². The highest BCUT2D eigenvalue weighted by atomic mass is 15.3. The fraction of sp³-hybridized carbons (Fsp3) is 0.714. The minimum atomic E-state index is 0.481. The highest BCUT2D eigenvalue weighted by Gasteiger charge is 2.23. The van der Waals surface area contributed by atoms with Crippen molar-refractivity contribution in [3.05, 3.63) is 18.0 Å². The lowest BCUT2D eigenvalue weighted by Crippen LogP contribution is -2.51. The fourth-order valence-electron chi connectivity index (χ4n) is 2.57. The summed E-state index contributed by atoms with van der Waals surface area (Å²) < 4.78 is 0. The lowest BCUT2D eigenvalue weighted by atomic mass is 10.2. The van der Waals surface area contributed by atoms with E-state index in [0.717, 1.165) is 38.2 Å². The van der Waals surface area contributed by atoms with Crippen LogP contribution >= 0.6 is 0 Å². The van der Waals surface area contributed by atoms with Crippen LogP contribution in [0, 0.1) is 0 Å². The van der Waals surface area contributed by atoms with Crippen molar-refractivity contribution in [2.45, 2.75) is 38.4 Å². The third-order valence-electron chi connectivity index (χ3n) is 3.95. The first-order valence-corrected chi connectivity index (χ1v) is 7.22. The van der Waals surface area contributed by atoms with Crippen molar-refractivity contribution in [3.63, 3.8) is 0 Å². The molecule has 1 saturated carbocycles. The van der Waals surface area contributed by atoms with E-state index in [1.165, 1.54) is 18.4 Å². The van der Waals surface area contributed by atoms with Gasteiger partial charge in [0.25, 0.3) is 0 Å². The van der Waals surface area contributed by atoms with Crippen molar-refractivity contribution < 1.29 is 0 Å². The summed E-state index contributed by atoms with van der Waals surface area (Å²) in [6.07, 6.45) is 6.56. The van der Waals surface area contributed by atoms with Gasteiger partial charge in [-0.25, -0.2) is 9.97 Å². The molecule has 1 atom stereocenters. The normalized spacial score (nSPS) is 24.7. The molecule has 0 amide bonds. The van der Waals surface area contributed by atoms with Crippen molar-refractivity contribution >= 4 is 5.95 Å². The van der Waals surface area contributed by atoms with E-state index < -0.39 is 0 Å². The largest absolute Gasteiger partial charge is 0.336 e. The molecule has 1 aliphatic carbocycles. The predicted octanol–water partition coefficient (Wildman–Crippen LogP) is 0.869. The van der Waals surface area contributed by atoms with Gasteiger partial charge >= 0.3 is 0 Å². The molecule has 0 aromatic carbocycles. The Bertz CT molecular complexity index is 414. The van der Waals surface area contributed by atoms with Gasteiger partial charge in [0.2, 0.25) is 5.95 Å². The molecule has 1 N–H and O–H groups in total. The molecular formula is C14H23N5. The van der Waals surface area contributed by atoms with Crippen molar-refractivity contribution in [3.8, 4) is 0 Å². The molecule has 1 saturated heterocycles. The van der Waals surface area contributed by atoms with Crippen LogP contribution in [0.25, 0.3) is 0 Å². The lowest BCUT2D eigenvalue weighted by molar-refractivity contribution is 0.273. The highest BCUT2D eigenvalue weighted by Crippen LogP contribution is 2.19. The van der Waals surface area contributed by atoms with E-state index in [1.54, 1.807) is 0 Å². The molecule has 1 aromatic heterocycles. The smallest absolute Gasteiger partial charge is 0.225 e. The standard InChI is InChI=1S/C14H23N5/c1-11-10-18(2)5-6-19(11)14-16-8-12(9-17-14)7-15-13-3-4-13/h8-9,11,13,15H,3-7,10H2,1-2H3. The summed E-state index contributed by atoms with van der Waals surface area (Å²) in [5.41, 5.74) is 1.18. The Hall–Kier alpha value is -1.20. The van der Waals surface area contributed by atoms with Crippen LogP contribution in [0.4, 0.5) is 5.95 Å². The third kappa shape index (κ3) is 3.22. The Balaban J connectivity index is 1.60. The molecule has 2 fully saturated rings. The maximum atomic E-state index is 4.53. The molecule has 5 heteroatoms. The molecule has 104 valence electrons. The second kappa shape index (κ2) is 5.43. The third-order valence-corrected chi connectivity index (χ3v) is 3.95. The van der Waals surface area contributed by atoms with Crippen LogP contribution in [0.5, 0.6) is 0 Å². The molecule has 0 bridgehead atoms. The molecule has 5 nitrogen and oxygen atoms in total. The van der Waals surface area contributed by atoms with Gasteiger partial charge in [-0.15, -0.1) is 0 Å². The van der Waals surface area contributed by atoms with Crippen LogP contribution in [0.2, 0.25) is 0 Å². The second-order valence-electron chi connectivity index (χ2n) is 5.85. The van der Waals surface area contributed by atoms with Gasteiger partial charge in [0.05, 0.1) is 0 Å². The number of hydrogen-bond donors (Lipinski definition) is 1. The number of aromatic nitrogens is 2. The van der Waals surface area contributed by atoms with Crippen molar-refractivity contribution in [2.24, 2.45) is 0 Å². The molecule has 2 heterocycles. The van der Waals surface area contributed by atoms with Crippen LogP contribution in [0.1, 0.15) is 25.3 Å². The Kier molecular flexibility index (Phi) is 3.66. The molecule has 1 aliphatic heterocycles. The van der Waals surface area contributed by atoms with E-state index in [9.17, 15) is 0 Å². The first kappa shape index (κ1) is 12.8. The van der Waals surface area contributed by atoms with E-state index >= 15 is 0 Å². The van der Waals surface area contributed by atoms with E-state index in [2.05, 4.69) is 39.1 Å². The zero-order valence-electron chi connectivity index (χ0n) is 11.8. The summed E-state index contributed by atoms with van der Waals surface area (Å²) in [6.45, 7) is 6.30. The van der Waals surface area contributed by atoms with Gasteiger partial charge in [0.1, 0.15) is 0 Å². The van der Waals surface area contributed by atoms with Gasteiger partial charge in [0, 0.05) is 56.2 Å². The topological polar surface area (TPSA) is 44.3 Å². The Morgan fingerprint density at radius 1 is 1.26 bits per heavy atom. The number of hydrogen-bond acceptors (Lipinski definition) is 5. The monoisotopic (exact) mass is 261 g/mol. The average Bonchev–Trinajstić information content (AvgIpc) is 3.21. The number of anilines is 1. The van der Waals surface area contributed by atoms with Crippen LogP contribution < -0.4 is 10.2 Å². The number of likely N-dealkylation sites (N-methyl/N-ethyl adjacent to an activating group) is 1. The van der Waals surface area contributed by atoms with Crippen LogP contribution in [-0.2, 0) is 6.54 Å². The minimum absolute atomic E-state index is 0.481. The lowest BCUT2D eigenvalue weighted by Gasteiger charge is -2.38. The molecule has 3 rings (SSSR count). The maximum Gasteiger partial charge on any atom is 0.225 e. The number of nitrogens with one attached hydrogen (secondary N) is 1. The average molecular weight is 261 g/mol. The molecule has 0 radical (unpaired) electrons. The Morgan fingerprint density at radius 2 is 2.00 bits per heavy atom. The zero-order valence-corrected chi connectivity index (χ0v) is 11.8. The van der Waals surface area contributed by atoms with E-state index in [-0.39, 0.29) is 0 Å². The molecular weight excluding hydrogens is 238 g/mol. The second-order valence-corrected chi connectivity index (χ2v) is 5.85. The van der Waals surface area contributed by atoms with Gasteiger partial charge < -0.3 is 15.1 Å². The SMILES string of the molecule is CC1CN(C)CCN1c1ncc(CNC2CC2)cn1. The molecule has 0 spiro atoms. The van der Waals surface area contributed by atoms with Crippen LogP contribution in [0.3, 0.4) is 0 Å².